The van der Waals surface area contributed by atoms with Crippen molar-refractivity contribution in [3.8, 4) is 0 Å². The SMILES string of the molecule is C=CCOP(=O)(O)CCNCCP(=O)(O)O. The van der Waals surface area contributed by atoms with E-state index in [9.17, 15) is 14.0 Å². The van der Waals surface area contributed by atoms with Crippen molar-refractivity contribution in [1.82, 2.24) is 5.32 Å². The molecule has 0 radical (unpaired) electrons. The van der Waals surface area contributed by atoms with Crippen LogP contribution < -0.4 is 5.32 Å². The highest BCUT2D eigenvalue weighted by atomic mass is 31.2. The Morgan fingerprint density at radius 2 is 1.75 bits per heavy atom. The van der Waals surface area contributed by atoms with Crippen molar-refractivity contribution in [2.24, 2.45) is 0 Å². The van der Waals surface area contributed by atoms with Crippen LogP contribution in [-0.2, 0) is 13.7 Å². The Hall–Kier alpha value is -0.0000000000000000416. The zero-order valence-corrected chi connectivity index (χ0v) is 10.6. The summed E-state index contributed by atoms with van der Waals surface area (Å²) >= 11 is 0. The van der Waals surface area contributed by atoms with Crippen LogP contribution in [-0.4, -0.2) is 46.7 Å². The van der Waals surface area contributed by atoms with Crippen molar-refractivity contribution in [1.29, 1.82) is 0 Å². The van der Waals surface area contributed by atoms with E-state index >= 15 is 0 Å². The molecule has 0 rings (SSSR count). The molecule has 0 aromatic rings. The summed E-state index contributed by atoms with van der Waals surface area (Å²) in [7, 11) is -7.62. The van der Waals surface area contributed by atoms with Gasteiger partial charge in [-0.1, -0.05) is 6.08 Å². The highest BCUT2D eigenvalue weighted by molar-refractivity contribution is 7.52. The fraction of sp³-hybridized carbons (Fsp3) is 0.714. The molecule has 0 saturated carbocycles. The number of hydrogen-bond acceptors (Lipinski definition) is 4. The number of nitrogens with one attached hydrogen (secondary N) is 1. The minimum atomic E-state index is -4.00. The summed E-state index contributed by atoms with van der Waals surface area (Å²) < 4.78 is 26.3. The van der Waals surface area contributed by atoms with Crippen LogP contribution in [0.15, 0.2) is 12.7 Å². The van der Waals surface area contributed by atoms with E-state index in [1.807, 2.05) is 0 Å². The van der Waals surface area contributed by atoms with Crippen molar-refractivity contribution in [2.45, 2.75) is 0 Å². The lowest BCUT2D eigenvalue weighted by atomic mass is 10.7. The maximum Gasteiger partial charge on any atom is 0.329 e. The van der Waals surface area contributed by atoms with E-state index in [4.69, 9.17) is 9.79 Å². The minimum absolute atomic E-state index is 0.00371. The van der Waals surface area contributed by atoms with E-state index in [2.05, 4.69) is 16.4 Å². The molecule has 1 atom stereocenters. The smallest absolute Gasteiger partial charge is 0.324 e. The molecule has 9 heteroatoms. The standard InChI is InChI=1S/C7H17NO6P2/c1-2-5-14-16(12,13)7-4-8-3-6-15(9,10)11/h2,8H,1,3-7H2,(H,12,13)(H2,9,10,11). The average molecular weight is 273 g/mol. The molecule has 7 nitrogen and oxygen atoms in total. The second-order valence-corrected chi connectivity index (χ2v) is 6.84. The third-order valence-corrected chi connectivity index (χ3v) is 3.69. The summed E-state index contributed by atoms with van der Waals surface area (Å²) in [4.78, 5) is 26.2. The molecule has 0 bridgehead atoms. The number of rotatable bonds is 9. The highest BCUT2D eigenvalue weighted by Gasteiger charge is 2.18. The van der Waals surface area contributed by atoms with Gasteiger partial charge >= 0.3 is 15.2 Å². The van der Waals surface area contributed by atoms with Gasteiger partial charge in [-0.3, -0.25) is 9.13 Å². The lowest BCUT2D eigenvalue weighted by Gasteiger charge is -2.11. The lowest BCUT2D eigenvalue weighted by molar-refractivity contribution is 0.287. The van der Waals surface area contributed by atoms with E-state index in [-0.39, 0.29) is 32.0 Å². The predicted molar refractivity (Wildman–Crippen MR) is 60.6 cm³/mol. The molecule has 0 fully saturated rings. The summed E-state index contributed by atoms with van der Waals surface area (Å²) in [6, 6.07) is 0. The van der Waals surface area contributed by atoms with Crippen molar-refractivity contribution >= 4 is 15.2 Å². The molecule has 0 aliphatic heterocycles. The van der Waals surface area contributed by atoms with E-state index in [0.29, 0.717) is 0 Å². The monoisotopic (exact) mass is 273 g/mol. The Bertz CT molecular complexity index is 301. The van der Waals surface area contributed by atoms with Crippen LogP contribution in [0.4, 0.5) is 0 Å². The van der Waals surface area contributed by atoms with Crippen LogP contribution >= 0.6 is 15.2 Å². The Morgan fingerprint density at radius 1 is 1.19 bits per heavy atom. The fourth-order valence-corrected chi connectivity index (χ4v) is 2.16. The summed E-state index contributed by atoms with van der Waals surface area (Å²) in [5.74, 6) is 0. The molecule has 0 heterocycles. The summed E-state index contributed by atoms with van der Waals surface area (Å²) in [6.45, 7) is 3.58. The molecule has 0 saturated heterocycles. The number of hydrogen-bond donors (Lipinski definition) is 4. The largest absolute Gasteiger partial charge is 0.329 e. The molecule has 4 N–H and O–H groups in total. The molecule has 0 amide bonds. The maximum atomic E-state index is 11.2. The molecule has 1 unspecified atom stereocenters. The van der Waals surface area contributed by atoms with E-state index in [1.165, 1.54) is 6.08 Å². The van der Waals surface area contributed by atoms with Gasteiger partial charge in [0.2, 0.25) is 0 Å². The van der Waals surface area contributed by atoms with Gasteiger partial charge in [-0.15, -0.1) is 6.58 Å². The Morgan fingerprint density at radius 3 is 2.25 bits per heavy atom. The fourth-order valence-electron chi connectivity index (χ4n) is 0.804. The minimum Gasteiger partial charge on any atom is -0.324 e. The third-order valence-electron chi connectivity index (χ3n) is 1.55. The summed E-state index contributed by atoms with van der Waals surface area (Å²) in [5, 5.41) is 2.64. The van der Waals surface area contributed by atoms with Crippen LogP contribution in [0.2, 0.25) is 0 Å². The lowest BCUT2D eigenvalue weighted by Crippen LogP contribution is -2.22. The van der Waals surface area contributed by atoms with Crippen LogP contribution in [0.5, 0.6) is 0 Å². The molecule has 0 aromatic carbocycles. The molecular formula is C7H17NO6P2. The second-order valence-electron chi connectivity index (χ2n) is 3.08. The van der Waals surface area contributed by atoms with Crippen LogP contribution in [0.3, 0.4) is 0 Å². The Balaban J connectivity index is 3.61. The van der Waals surface area contributed by atoms with Crippen LogP contribution in [0, 0.1) is 0 Å². The first-order valence-electron chi connectivity index (χ1n) is 4.59. The molecular weight excluding hydrogens is 256 g/mol. The summed E-state index contributed by atoms with van der Waals surface area (Å²) in [6.07, 6.45) is 0.961. The van der Waals surface area contributed by atoms with Crippen molar-refractivity contribution in [3.05, 3.63) is 12.7 Å². The van der Waals surface area contributed by atoms with Gasteiger partial charge in [0.25, 0.3) is 0 Å². The first-order chi connectivity index (χ1) is 7.27. The molecule has 0 spiro atoms. The van der Waals surface area contributed by atoms with E-state index in [1.54, 1.807) is 0 Å². The van der Waals surface area contributed by atoms with Gasteiger partial charge in [-0.05, 0) is 0 Å². The second kappa shape index (κ2) is 7.35. The Labute approximate surface area is 94.2 Å². The normalized spacial score (nSPS) is 15.7. The van der Waals surface area contributed by atoms with Gasteiger partial charge in [0.05, 0.1) is 18.9 Å². The molecule has 0 aliphatic carbocycles. The van der Waals surface area contributed by atoms with Gasteiger partial charge in [0.15, 0.2) is 0 Å². The molecule has 0 aliphatic rings. The van der Waals surface area contributed by atoms with E-state index < -0.39 is 15.2 Å². The van der Waals surface area contributed by atoms with Crippen molar-refractivity contribution in [3.63, 3.8) is 0 Å². The summed E-state index contributed by atoms with van der Waals surface area (Å²) in [5.41, 5.74) is 0. The zero-order valence-electron chi connectivity index (χ0n) is 8.78. The first kappa shape index (κ1) is 16.0. The van der Waals surface area contributed by atoms with Crippen molar-refractivity contribution < 1.29 is 28.3 Å². The van der Waals surface area contributed by atoms with Gasteiger partial charge in [0, 0.05) is 13.1 Å². The molecule has 96 valence electrons. The van der Waals surface area contributed by atoms with Gasteiger partial charge < -0.3 is 24.5 Å². The predicted octanol–water partition coefficient (Wildman–Crippen LogP) is 0.142. The maximum absolute atomic E-state index is 11.2. The first-order valence-corrected chi connectivity index (χ1v) is 8.15. The Kier molecular flexibility index (Phi) is 7.35. The highest BCUT2D eigenvalue weighted by Crippen LogP contribution is 2.40. The topological polar surface area (TPSA) is 116 Å². The van der Waals surface area contributed by atoms with E-state index in [0.717, 1.165) is 0 Å². The quantitative estimate of drug-likeness (QED) is 0.268. The van der Waals surface area contributed by atoms with Gasteiger partial charge in [-0.2, -0.15) is 0 Å². The zero-order chi connectivity index (χ0) is 12.7. The average Bonchev–Trinajstić information content (AvgIpc) is 2.12. The van der Waals surface area contributed by atoms with Gasteiger partial charge in [-0.25, -0.2) is 0 Å². The van der Waals surface area contributed by atoms with Crippen LogP contribution in [0.1, 0.15) is 0 Å². The molecule has 0 aromatic heterocycles. The van der Waals surface area contributed by atoms with Crippen LogP contribution in [0.25, 0.3) is 0 Å². The van der Waals surface area contributed by atoms with Gasteiger partial charge in [0.1, 0.15) is 0 Å². The van der Waals surface area contributed by atoms with Crippen molar-refractivity contribution in [2.75, 3.05) is 32.0 Å². The molecule has 16 heavy (non-hydrogen) atoms. The third kappa shape index (κ3) is 10.5.